The first kappa shape index (κ1) is 20.8. The highest BCUT2D eigenvalue weighted by Crippen LogP contribution is 2.24. The zero-order valence-electron chi connectivity index (χ0n) is 17.6. The fraction of sp³-hybridized carbons (Fsp3) is 0.476. The van der Waals surface area contributed by atoms with Crippen LogP contribution in [0.1, 0.15) is 24.1 Å². The number of ether oxygens (including phenoxy) is 1. The molecule has 2 aromatic heterocycles. The second-order valence-electron chi connectivity index (χ2n) is 7.47. The van der Waals surface area contributed by atoms with Crippen LogP contribution >= 0.6 is 11.6 Å². The maximum atomic E-state index is 6.45. The summed E-state index contributed by atoms with van der Waals surface area (Å²) in [5.41, 5.74) is 3.12. The van der Waals surface area contributed by atoms with Crippen molar-refractivity contribution in [2.45, 2.75) is 26.4 Å². The van der Waals surface area contributed by atoms with Gasteiger partial charge in [-0.05, 0) is 30.7 Å². The lowest BCUT2D eigenvalue weighted by atomic mass is 10.2. The molecule has 0 radical (unpaired) electrons. The van der Waals surface area contributed by atoms with Gasteiger partial charge in [-0.15, -0.1) is 10.2 Å². The molecule has 1 saturated heterocycles. The molecule has 9 heteroatoms. The molecule has 0 spiro atoms. The molecule has 1 fully saturated rings. The third-order valence-electron chi connectivity index (χ3n) is 5.50. The summed E-state index contributed by atoms with van der Waals surface area (Å²) >= 11 is 6.45. The van der Waals surface area contributed by atoms with Gasteiger partial charge in [-0.2, -0.15) is 5.10 Å². The third-order valence-corrected chi connectivity index (χ3v) is 5.97. The number of nitrogens with zero attached hydrogens (tertiary/aromatic N) is 6. The van der Waals surface area contributed by atoms with Gasteiger partial charge in [0.2, 0.25) is 11.8 Å². The highest BCUT2D eigenvalue weighted by molar-refractivity contribution is 6.30. The summed E-state index contributed by atoms with van der Waals surface area (Å²) in [5, 5.41) is 13.7. The average molecular weight is 431 g/mol. The van der Waals surface area contributed by atoms with Crippen LogP contribution in [0, 0.1) is 0 Å². The molecule has 8 nitrogen and oxygen atoms in total. The SMILES string of the molecule is CCc1nn(C)c(Cl)c1CN1CCN(Cc2nnc(-c3ccc(OC)cc3)o2)CC1. The molecule has 3 heterocycles. The van der Waals surface area contributed by atoms with Gasteiger partial charge in [0.15, 0.2) is 0 Å². The van der Waals surface area contributed by atoms with Crippen molar-refractivity contribution < 1.29 is 9.15 Å². The molecular weight excluding hydrogens is 404 g/mol. The Morgan fingerprint density at radius 3 is 2.33 bits per heavy atom. The molecule has 1 aliphatic rings. The van der Waals surface area contributed by atoms with Crippen LogP contribution in [-0.4, -0.2) is 63.1 Å². The van der Waals surface area contributed by atoms with Crippen LogP contribution in [0.15, 0.2) is 28.7 Å². The van der Waals surface area contributed by atoms with Crippen molar-refractivity contribution in [3.05, 3.63) is 46.6 Å². The number of methoxy groups -OCH3 is 1. The minimum absolute atomic E-state index is 0.532. The Bertz CT molecular complexity index is 976. The fourth-order valence-electron chi connectivity index (χ4n) is 3.73. The number of rotatable bonds is 7. The second-order valence-corrected chi connectivity index (χ2v) is 7.83. The molecule has 0 unspecified atom stereocenters. The minimum Gasteiger partial charge on any atom is -0.497 e. The lowest BCUT2D eigenvalue weighted by molar-refractivity contribution is 0.114. The van der Waals surface area contributed by atoms with Crippen LogP contribution in [0.4, 0.5) is 0 Å². The van der Waals surface area contributed by atoms with E-state index in [1.165, 1.54) is 0 Å². The molecule has 0 bridgehead atoms. The van der Waals surface area contributed by atoms with Crippen molar-refractivity contribution in [3.8, 4) is 17.2 Å². The van der Waals surface area contributed by atoms with Crippen LogP contribution in [0.3, 0.4) is 0 Å². The zero-order chi connectivity index (χ0) is 21.1. The summed E-state index contributed by atoms with van der Waals surface area (Å²) in [4.78, 5) is 4.77. The molecule has 1 aliphatic heterocycles. The number of piperazine rings is 1. The molecule has 30 heavy (non-hydrogen) atoms. The van der Waals surface area contributed by atoms with Gasteiger partial charge in [0.05, 0.1) is 19.3 Å². The van der Waals surface area contributed by atoms with E-state index < -0.39 is 0 Å². The molecule has 0 atom stereocenters. The van der Waals surface area contributed by atoms with Crippen molar-refractivity contribution in [1.29, 1.82) is 0 Å². The minimum atomic E-state index is 0.532. The van der Waals surface area contributed by atoms with E-state index >= 15 is 0 Å². The van der Waals surface area contributed by atoms with Gasteiger partial charge in [-0.25, -0.2) is 0 Å². The van der Waals surface area contributed by atoms with Crippen LogP contribution < -0.4 is 4.74 Å². The first-order chi connectivity index (χ1) is 14.6. The van der Waals surface area contributed by atoms with Gasteiger partial charge in [0.1, 0.15) is 10.9 Å². The Hall–Kier alpha value is -2.42. The van der Waals surface area contributed by atoms with Crippen molar-refractivity contribution in [2.75, 3.05) is 33.3 Å². The third kappa shape index (κ3) is 4.50. The van der Waals surface area contributed by atoms with Crippen LogP contribution in [0.2, 0.25) is 5.15 Å². The molecule has 0 saturated carbocycles. The topological polar surface area (TPSA) is 72.5 Å². The van der Waals surface area contributed by atoms with E-state index in [1.807, 2.05) is 31.3 Å². The second kappa shape index (κ2) is 9.16. The normalized spacial score (nSPS) is 15.6. The first-order valence-electron chi connectivity index (χ1n) is 10.2. The zero-order valence-corrected chi connectivity index (χ0v) is 18.4. The molecule has 0 aliphatic carbocycles. The Kier molecular flexibility index (Phi) is 6.36. The van der Waals surface area contributed by atoms with Crippen LogP contribution in [-0.2, 0) is 26.6 Å². The number of aromatic nitrogens is 4. The summed E-state index contributed by atoms with van der Waals surface area (Å²) in [7, 11) is 3.54. The Balaban J connectivity index is 1.31. The molecular formula is C21H27ClN6O2. The largest absolute Gasteiger partial charge is 0.497 e. The Morgan fingerprint density at radius 1 is 1.03 bits per heavy atom. The van der Waals surface area contributed by atoms with Gasteiger partial charge in [-0.3, -0.25) is 14.5 Å². The van der Waals surface area contributed by atoms with E-state index in [0.29, 0.717) is 18.3 Å². The fourth-order valence-corrected chi connectivity index (χ4v) is 3.94. The molecule has 160 valence electrons. The van der Waals surface area contributed by atoms with Crippen LogP contribution in [0.5, 0.6) is 5.75 Å². The number of hydrogen-bond acceptors (Lipinski definition) is 7. The summed E-state index contributed by atoms with van der Waals surface area (Å²) < 4.78 is 12.8. The summed E-state index contributed by atoms with van der Waals surface area (Å²) in [6.45, 7) is 7.43. The Labute approximate surface area is 181 Å². The van der Waals surface area contributed by atoms with E-state index in [1.54, 1.807) is 11.8 Å². The lowest BCUT2D eigenvalue weighted by Crippen LogP contribution is -2.45. The molecule has 4 rings (SSSR count). The number of benzene rings is 1. The molecule has 1 aromatic carbocycles. The van der Waals surface area contributed by atoms with E-state index in [-0.39, 0.29) is 0 Å². The summed E-state index contributed by atoms with van der Waals surface area (Å²) in [5.74, 6) is 1.97. The standard InChI is InChI=1S/C21H27ClN6O2/c1-4-18-17(20(22)26(2)25-18)13-27-9-11-28(12-10-27)14-19-23-24-21(30-19)15-5-7-16(29-3)8-6-15/h5-8H,4,9-14H2,1-3H3. The number of halogens is 1. The van der Waals surface area contributed by atoms with Gasteiger partial charge >= 0.3 is 0 Å². The maximum absolute atomic E-state index is 6.45. The van der Waals surface area contributed by atoms with Crippen molar-refractivity contribution in [3.63, 3.8) is 0 Å². The van der Waals surface area contributed by atoms with Gasteiger partial charge < -0.3 is 9.15 Å². The average Bonchev–Trinajstić information content (AvgIpc) is 3.35. The molecule has 0 N–H and O–H groups in total. The smallest absolute Gasteiger partial charge is 0.247 e. The summed E-state index contributed by atoms with van der Waals surface area (Å²) in [6.07, 6.45) is 0.892. The first-order valence-corrected chi connectivity index (χ1v) is 10.6. The van der Waals surface area contributed by atoms with E-state index in [0.717, 1.165) is 66.9 Å². The van der Waals surface area contributed by atoms with Gasteiger partial charge in [0.25, 0.3) is 0 Å². The maximum Gasteiger partial charge on any atom is 0.247 e. The predicted molar refractivity (Wildman–Crippen MR) is 114 cm³/mol. The van der Waals surface area contributed by atoms with E-state index in [4.69, 9.17) is 20.8 Å². The summed E-state index contributed by atoms with van der Waals surface area (Å²) in [6, 6.07) is 7.61. The van der Waals surface area contributed by atoms with Crippen molar-refractivity contribution in [2.24, 2.45) is 7.05 Å². The van der Waals surface area contributed by atoms with Crippen molar-refractivity contribution in [1.82, 2.24) is 29.8 Å². The molecule has 0 amide bonds. The van der Waals surface area contributed by atoms with E-state index in [9.17, 15) is 0 Å². The lowest BCUT2D eigenvalue weighted by Gasteiger charge is -2.33. The van der Waals surface area contributed by atoms with Gasteiger partial charge in [0, 0.05) is 50.9 Å². The van der Waals surface area contributed by atoms with Crippen molar-refractivity contribution >= 4 is 11.6 Å². The quantitative estimate of drug-likeness (QED) is 0.570. The van der Waals surface area contributed by atoms with Gasteiger partial charge in [-0.1, -0.05) is 18.5 Å². The molecule has 3 aromatic rings. The monoisotopic (exact) mass is 430 g/mol. The predicted octanol–water partition coefficient (Wildman–Crippen LogP) is 3.01. The Morgan fingerprint density at radius 2 is 1.70 bits per heavy atom. The highest BCUT2D eigenvalue weighted by atomic mass is 35.5. The number of aryl methyl sites for hydroxylation is 2. The van der Waals surface area contributed by atoms with E-state index in [2.05, 4.69) is 32.0 Å². The number of hydrogen-bond donors (Lipinski definition) is 0. The highest BCUT2D eigenvalue weighted by Gasteiger charge is 2.22. The van der Waals surface area contributed by atoms with Crippen LogP contribution in [0.25, 0.3) is 11.5 Å².